The average Bonchev–Trinajstić information content (AvgIpc) is 2.47. The lowest BCUT2D eigenvalue weighted by Gasteiger charge is -2.42. The van der Waals surface area contributed by atoms with E-state index in [-0.39, 0.29) is 17.6 Å². The van der Waals surface area contributed by atoms with E-state index in [1.807, 2.05) is 18.2 Å². The minimum absolute atomic E-state index is 0.107. The minimum atomic E-state index is -0.122. The van der Waals surface area contributed by atoms with Crippen molar-refractivity contribution in [2.75, 3.05) is 0 Å². The van der Waals surface area contributed by atoms with Crippen LogP contribution in [0.15, 0.2) is 40.3 Å². The van der Waals surface area contributed by atoms with Crippen LogP contribution >= 0.6 is 11.8 Å². The molecule has 1 fully saturated rings. The second-order valence-corrected chi connectivity index (χ2v) is 6.47. The Morgan fingerprint density at radius 3 is 2.55 bits per heavy atom. The third-order valence-corrected chi connectivity index (χ3v) is 5.29. The zero-order valence-electron chi connectivity index (χ0n) is 12.1. The van der Waals surface area contributed by atoms with Gasteiger partial charge in [0.2, 0.25) is 0 Å². The van der Waals surface area contributed by atoms with Crippen LogP contribution in [-0.2, 0) is 4.74 Å². The number of thioether (sulfide) groups is 1. The van der Waals surface area contributed by atoms with Crippen molar-refractivity contribution in [3.8, 4) is 0 Å². The second kappa shape index (κ2) is 7.02. The lowest BCUT2D eigenvalue weighted by Crippen LogP contribution is -2.46. The van der Waals surface area contributed by atoms with Crippen LogP contribution in [0.2, 0.25) is 0 Å². The molecule has 2 rings (SSSR count). The summed E-state index contributed by atoms with van der Waals surface area (Å²) < 4.78 is 6.19. The minimum Gasteiger partial charge on any atom is -0.363 e. The van der Waals surface area contributed by atoms with E-state index in [2.05, 4.69) is 42.9 Å². The summed E-state index contributed by atoms with van der Waals surface area (Å²) in [6, 6.07) is 10.0. The molecule has 1 aromatic rings. The molecule has 0 amide bonds. The number of nitrogens with zero attached hydrogens (tertiary/aromatic N) is 3. The van der Waals surface area contributed by atoms with Crippen molar-refractivity contribution in [3.63, 3.8) is 0 Å². The third kappa shape index (κ3) is 3.29. The van der Waals surface area contributed by atoms with Gasteiger partial charge in [-0.25, -0.2) is 0 Å². The van der Waals surface area contributed by atoms with Crippen LogP contribution in [0.25, 0.3) is 10.4 Å². The van der Waals surface area contributed by atoms with Crippen LogP contribution < -0.4 is 0 Å². The molecule has 1 aromatic carbocycles. The average molecular weight is 291 g/mol. The summed E-state index contributed by atoms with van der Waals surface area (Å²) in [6.45, 7) is 6.49. The monoisotopic (exact) mass is 291 g/mol. The fraction of sp³-hybridized carbons (Fsp3) is 0.600. The van der Waals surface area contributed by atoms with E-state index in [1.54, 1.807) is 11.8 Å². The molecule has 5 atom stereocenters. The Hall–Kier alpha value is -1.16. The second-order valence-electron chi connectivity index (χ2n) is 5.30. The van der Waals surface area contributed by atoms with E-state index in [9.17, 15) is 0 Å². The van der Waals surface area contributed by atoms with Crippen LogP contribution in [0.4, 0.5) is 0 Å². The molecule has 1 aliphatic rings. The summed E-state index contributed by atoms with van der Waals surface area (Å²) in [7, 11) is 0. The lowest BCUT2D eigenvalue weighted by molar-refractivity contribution is -0.0753. The van der Waals surface area contributed by atoms with Crippen molar-refractivity contribution >= 4 is 11.8 Å². The van der Waals surface area contributed by atoms with Gasteiger partial charge in [0.05, 0.1) is 12.1 Å². The number of ether oxygens (including phenoxy) is 1. The van der Waals surface area contributed by atoms with Gasteiger partial charge in [0.25, 0.3) is 0 Å². The third-order valence-electron chi connectivity index (χ3n) is 4.13. The van der Waals surface area contributed by atoms with E-state index in [4.69, 9.17) is 10.3 Å². The summed E-state index contributed by atoms with van der Waals surface area (Å²) in [4.78, 5) is 4.16. The number of azide groups is 1. The molecule has 0 aliphatic carbocycles. The Bertz CT molecular complexity index is 475. The smallest absolute Gasteiger partial charge is 0.116 e. The van der Waals surface area contributed by atoms with Gasteiger partial charge < -0.3 is 4.74 Å². The zero-order valence-corrected chi connectivity index (χ0v) is 13.0. The maximum absolute atomic E-state index is 8.82. The molecule has 1 saturated heterocycles. The van der Waals surface area contributed by atoms with Crippen LogP contribution in [0.1, 0.15) is 27.2 Å². The molecule has 1 heterocycles. The quantitative estimate of drug-likeness (QED) is 0.451. The van der Waals surface area contributed by atoms with Gasteiger partial charge in [0.1, 0.15) is 5.44 Å². The van der Waals surface area contributed by atoms with E-state index < -0.39 is 0 Å². The van der Waals surface area contributed by atoms with E-state index in [0.717, 1.165) is 11.3 Å². The summed E-state index contributed by atoms with van der Waals surface area (Å²) >= 11 is 1.65. The van der Waals surface area contributed by atoms with Crippen LogP contribution in [-0.4, -0.2) is 17.6 Å². The molecular weight excluding hydrogens is 270 g/mol. The van der Waals surface area contributed by atoms with Crippen molar-refractivity contribution in [1.82, 2.24) is 0 Å². The van der Waals surface area contributed by atoms with Crippen molar-refractivity contribution in [3.05, 3.63) is 40.8 Å². The molecule has 5 heteroatoms. The van der Waals surface area contributed by atoms with Gasteiger partial charge in [0.15, 0.2) is 0 Å². The van der Waals surface area contributed by atoms with Gasteiger partial charge in [-0.3, -0.25) is 0 Å². The molecule has 0 bridgehead atoms. The highest BCUT2D eigenvalue weighted by Gasteiger charge is 2.40. The highest BCUT2D eigenvalue weighted by molar-refractivity contribution is 7.99. The summed E-state index contributed by atoms with van der Waals surface area (Å²) in [5.74, 6) is 0.730. The van der Waals surface area contributed by atoms with Crippen LogP contribution in [0.5, 0.6) is 0 Å². The van der Waals surface area contributed by atoms with Gasteiger partial charge in [-0.05, 0) is 35.9 Å². The molecule has 0 aromatic heterocycles. The predicted molar refractivity (Wildman–Crippen MR) is 82.5 cm³/mol. The maximum atomic E-state index is 8.82. The lowest BCUT2D eigenvalue weighted by atomic mass is 9.82. The number of hydrogen-bond donors (Lipinski definition) is 0. The SMILES string of the molecule is CCC1O[C@@H](Sc2ccccc2)[C@H](N=[N+]=[N-])C(C)[C@H]1C. The van der Waals surface area contributed by atoms with E-state index in [0.29, 0.717) is 11.8 Å². The standard InChI is InChI=1S/C15H21N3OS/c1-4-13-10(2)11(3)14(17-18-16)15(19-13)20-12-8-6-5-7-9-12/h5-11,13-15H,4H2,1-3H3/t10-,11?,13?,14-,15+/m1/s1. The van der Waals surface area contributed by atoms with Crippen LogP contribution in [0, 0.1) is 11.8 Å². The molecular formula is C15H21N3OS. The highest BCUT2D eigenvalue weighted by atomic mass is 32.2. The van der Waals surface area contributed by atoms with Crippen LogP contribution in [0.3, 0.4) is 0 Å². The summed E-state index contributed by atoms with van der Waals surface area (Å²) in [6.07, 6.45) is 1.22. The largest absolute Gasteiger partial charge is 0.363 e. The first-order valence-corrected chi connectivity index (χ1v) is 7.96. The molecule has 108 valence electrons. The topological polar surface area (TPSA) is 58.0 Å². The van der Waals surface area contributed by atoms with Gasteiger partial charge in [-0.2, -0.15) is 0 Å². The number of hydrogen-bond acceptors (Lipinski definition) is 3. The predicted octanol–water partition coefficient (Wildman–Crippen LogP) is 4.86. The van der Waals surface area contributed by atoms with Crippen molar-refractivity contribution in [2.24, 2.45) is 17.0 Å². The maximum Gasteiger partial charge on any atom is 0.116 e. The Morgan fingerprint density at radius 2 is 1.95 bits per heavy atom. The number of rotatable bonds is 4. The van der Waals surface area contributed by atoms with E-state index in [1.165, 1.54) is 0 Å². The Morgan fingerprint density at radius 1 is 1.25 bits per heavy atom. The summed E-state index contributed by atoms with van der Waals surface area (Å²) in [5, 5.41) is 4.00. The molecule has 0 N–H and O–H groups in total. The fourth-order valence-electron chi connectivity index (χ4n) is 2.69. The van der Waals surface area contributed by atoms with E-state index >= 15 is 0 Å². The number of benzene rings is 1. The Kier molecular flexibility index (Phi) is 5.35. The molecule has 20 heavy (non-hydrogen) atoms. The van der Waals surface area contributed by atoms with Crippen molar-refractivity contribution < 1.29 is 4.74 Å². The highest BCUT2D eigenvalue weighted by Crippen LogP contribution is 2.40. The molecule has 4 nitrogen and oxygen atoms in total. The van der Waals surface area contributed by atoms with Gasteiger partial charge >= 0.3 is 0 Å². The normalized spacial score (nSPS) is 33.5. The first-order chi connectivity index (χ1) is 9.67. The van der Waals surface area contributed by atoms with Crippen molar-refractivity contribution in [1.29, 1.82) is 0 Å². The van der Waals surface area contributed by atoms with Gasteiger partial charge in [-0.15, -0.1) is 0 Å². The molecule has 0 radical (unpaired) electrons. The summed E-state index contributed by atoms with van der Waals surface area (Å²) in [5.41, 5.74) is 8.72. The molecule has 0 saturated carbocycles. The van der Waals surface area contributed by atoms with Gasteiger partial charge in [0, 0.05) is 9.81 Å². The first kappa shape index (κ1) is 15.2. The van der Waals surface area contributed by atoms with Gasteiger partial charge in [-0.1, -0.05) is 55.8 Å². The Labute approximate surface area is 124 Å². The molecule has 2 unspecified atom stereocenters. The zero-order chi connectivity index (χ0) is 14.5. The first-order valence-electron chi connectivity index (χ1n) is 7.08. The Balaban J connectivity index is 2.20. The van der Waals surface area contributed by atoms with Crippen molar-refractivity contribution in [2.45, 2.75) is 49.7 Å². The fourth-order valence-corrected chi connectivity index (χ4v) is 3.91. The molecule has 0 spiro atoms. The molecule has 1 aliphatic heterocycles.